The summed E-state index contributed by atoms with van der Waals surface area (Å²) in [5, 5.41) is 17.0. The number of halogens is 2. The zero-order valence-corrected chi connectivity index (χ0v) is 13.5. The minimum Gasteiger partial charge on any atom is -0.433 e. The maximum absolute atomic E-state index is 12.4. The predicted octanol–water partition coefficient (Wildman–Crippen LogP) is 3.04. The first-order valence-electron chi connectivity index (χ1n) is 7.30. The number of carbonyl (C=O) groups excluding carboxylic acids is 1. The SMILES string of the molecule is Cc1ccc(OC(F)F)c(NC(=O)CCn2nc([N+](=O)[O-])cc2C)c1. The molecule has 0 radical (unpaired) electrons. The van der Waals surface area contributed by atoms with Gasteiger partial charge < -0.3 is 20.2 Å². The van der Waals surface area contributed by atoms with Gasteiger partial charge in [0.2, 0.25) is 5.91 Å². The third kappa shape index (κ3) is 4.96. The van der Waals surface area contributed by atoms with Crippen LogP contribution in [0.1, 0.15) is 17.7 Å². The highest BCUT2D eigenvalue weighted by atomic mass is 19.3. The van der Waals surface area contributed by atoms with Crippen molar-refractivity contribution in [3.63, 3.8) is 0 Å². The smallest absolute Gasteiger partial charge is 0.390 e. The van der Waals surface area contributed by atoms with Crippen LogP contribution in [0.2, 0.25) is 0 Å². The van der Waals surface area contributed by atoms with Gasteiger partial charge in [-0.3, -0.25) is 4.79 Å². The van der Waals surface area contributed by atoms with E-state index in [1.807, 2.05) is 0 Å². The van der Waals surface area contributed by atoms with Crippen molar-refractivity contribution in [2.75, 3.05) is 5.32 Å². The third-order valence-electron chi connectivity index (χ3n) is 3.33. The number of carbonyl (C=O) groups is 1. The highest BCUT2D eigenvalue weighted by Gasteiger charge is 2.17. The predicted molar refractivity (Wildman–Crippen MR) is 84.7 cm³/mol. The number of amides is 1. The van der Waals surface area contributed by atoms with E-state index in [4.69, 9.17) is 0 Å². The summed E-state index contributed by atoms with van der Waals surface area (Å²) in [7, 11) is 0. The number of benzene rings is 1. The van der Waals surface area contributed by atoms with Gasteiger partial charge in [-0.05, 0) is 36.5 Å². The third-order valence-corrected chi connectivity index (χ3v) is 3.33. The molecule has 25 heavy (non-hydrogen) atoms. The molecule has 0 bridgehead atoms. The van der Waals surface area contributed by atoms with E-state index in [-0.39, 0.29) is 30.2 Å². The summed E-state index contributed by atoms with van der Waals surface area (Å²) in [6.45, 7) is 0.481. The summed E-state index contributed by atoms with van der Waals surface area (Å²) in [5.41, 5.74) is 1.43. The molecule has 1 aromatic carbocycles. The Bertz CT molecular complexity index is 792. The Morgan fingerprint density at radius 1 is 1.40 bits per heavy atom. The Kier molecular flexibility index (Phi) is 5.63. The molecule has 1 heterocycles. The fourth-order valence-corrected chi connectivity index (χ4v) is 2.17. The fraction of sp³-hybridized carbons (Fsp3) is 0.333. The van der Waals surface area contributed by atoms with Crippen molar-refractivity contribution < 1.29 is 23.2 Å². The second-order valence-electron chi connectivity index (χ2n) is 5.30. The van der Waals surface area contributed by atoms with Crippen molar-refractivity contribution in [2.45, 2.75) is 33.4 Å². The van der Waals surface area contributed by atoms with Crippen LogP contribution >= 0.6 is 0 Å². The highest BCUT2D eigenvalue weighted by molar-refractivity contribution is 5.92. The van der Waals surface area contributed by atoms with E-state index < -0.39 is 17.4 Å². The van der Waals surface area contributed by atoms with Crippen molar-refractivity contribution >= 4 is 17.4 Å². The Balaban J connectivity index is 2.03. The molecule has 2 aromatic rings. The molecule has 0 aliphatic carbocycles. The molecular weight excluding hydrogens is 338 g/mol. The standard InChI is InChI=1S/C15H16F2N4O4/c1-9-3-4-12(25-15(16)17)11(7-9)18-14(22)5-6-20-10(2)8-13(19-20)21(23)24/h3-4,7-8,15H,5-6H2,1-2H3,(H,18,22). The molecular formula is C15H16F2N4O4. The van der Waals surface area contributed by atoms with Gasteiger partial charge in [-0.2, -0.15) is 13.5 Å². The van der Waals surface area contributed by atoms with Crippen molar-refractivity contribution in [1.29, 1.82) is 0 Å². The number of anilines is 1. The molecule has 1 N–H and O–H groups in total. The number of ether oxygens (including phenoxy) is 1. The van der Waals surface area contributed by atoms with Crippen LogP contribution in [0.4, 0.5) is 20.3 Å². The summed E-state index contributed by atoms with van der Waals surface area (Å²) in [5.74, 6) is -0.897. The van der Waals surface area contributed by atoms with Crippen molar-refractivity contribution in [2.24, 2.45) is 0 Å². The largest absolute Gasteiger partial charge is 0.433 e. The number of alkyl halides is 2. The number of hydrogen-bond acceptors (Lipinski definition) is 5. The monoisotopic (exact) mass is 354 g/mol. The topological polar surface area (TPSA) is 99.3 Å². The minimum absolute atomic E-state index is 0.0399. The average Bonchev–Trinajstić information content (AvgIpc) is 2.89. The van der Waals surface area contributed by atoms with Gasteiger partial charge in [0.15, 0.2) is 0 Å². The van der Waals surface area contributed by atoms with Gasteiger partial charge in [-0.1, -0.05) is 6.07 Å². The molecule has 0 aliphatic heterocycles. The van der Waals surface area contributed by atoms with Crippen LogP contribution in [-0.2, 0) is 11.3 Å². The van der Waals surface area contributed by atoms with Gasteiger partial charge in [0.1, 0.15) is 5.75 Å². The van der Waals surface area contributed by atoms with E-state index in [0.717, 1.165) is 5.56 Å². The second-order valence-corrected chi connectivity index (χ2v) is 5.30. The van der Waals surface area contributed by atoms with Crippen LogP contribution in [0.15, 0.2) is 24.3 Å². The van der Waals surface area contributed by atoms with Gasteiger partial charge >= 0.3 is 12.4 Å². The van der Waals surface area contributed by atoms with Gasteiger partial charge in [0.25, 0.3) is 0 Å². The maximum Gasteiger partial charge on any atom is 0.390 e. The molecule has 0 spiro atoms. The summed E-state index contributed by atoms with van der Waals surface area (Å²) in [6, 6.07) is 5.74. The molecule has 134 valence electrons. The molecule has 8 nitrogen and oxygen atoms in total. The number of nitro groups is 1. The van der Waals surface area contributed by atoms with Crippen molar-refractivity contribution in [1.82, 2.24) is 9.78 Å². The Hall–Kier alpha value is -3.04. The van der Waals surface area contributed by atoms with E-state index in [1.165, 1.54) is 22.9 Å². The number of aromatic nitrogens is 2. The highest BCUT2D eigenvalue weighted by Crippen LogP contribution is 2.27. The first-order valence-corrected chi connectivity index (χ1v) is 7.30. The number of aryl methyl sites for hydroxylation is 3. The Labute approximate surface area is 141 Å². The lowest BCUT2D eigenvalue weighted by Gasteiger charge is -2.12. The molecule has 1 aromatic heterocycles. The van der Waals surface area contributed by atoms with Gasteiger partial charge in [-0.25, -0.2) is 0 Å². The molecule has 2 rings (SSSR count). The van der Waals surface area contributed by atoms with Gasteiger partial charge in [0, 0.05) is 6.42 Å². The van der Waals surface area contributed by atoms with E-state index in [1.54, 1.807) is 19.9 Å². The second kappa shape index (κ2) is 7.69. The van der Waals surface area contributed by atoms with Crippen LogP contribution < -0.4 is 10.1 Å². The van der Waals surface area contributed by atoms with Crippen LogP contribution in [-0.4, -0.2) is 27.2 Å². The zero-order valence-electron chi connectivity index (χ0n) is 13.5. The molecule has 0 saturated heterocycles. The number of hydrogen-bond donors (Lipinski definition) is 1. The van der Waals surface area contributed by atoms with Gasteiger partial charge in [0.05, 0.1) is 29.1 Å². The lowest BCUT2D eigenvalue weighted by molar-refractivity contribution is -0.389. The first kappa shape index (κ1) is 18.3. The Morgan fingerprint density at radius 2 is 2.12 bits per heavy atom. The van der Waals surface area contributed by atoms with Gasteiger partial charge in [-0.15, -0.1) is 0 Å². The number of rotatable bonds is 7. The molecule has 1 amide bonds. The molecule has 0 aliphatic rings. The van der Waals surface area contributed by atoms with Crippen LogP contribution in [0.25, 0.3) is 0 Å². The van der Waals surface area contributed by atoms with Crippen LogP contribution in [0.5, 0.6) is 5.75 Å². The van der Waals surface area contributed by atoms with E-state index in [0.29, 0.717) is 5.69 Å². The molecule has 10 heteroatoms. The minimum atomic E-state index is -3.01. The summed E-state index contributed by atoms with van der Waals surface area (Å²) < 4.78 is 30.5. The molecule has 0 saturated carbocycles. The zero-order chi connectivity index (χ0) is 18.6. The lowest BCUT2D eigenvalue weighted by Crippen LogP contribution is -2.17. The van der Waals surface area contributed by atoms with Crippen molar-refractivity contribution in [3.8, 4) is 5.75 Å². The normalized spacial score (nSPS) is 10.8. The maximum atomic E-state index is 12.4. The summed E-state index contributed by atoms with van der Waals surface area (Å²) >= 11 is 0. The van der Waals surface area contributed by atoms with Crippen molar-refractivity contribution in [3.05, 3.63) is 45.6 Å². The summed E-state index contributed by atoms with van der Waals surface area (Å²) in [6.07, 6.45) is -0.0399. The van der Waals surface area contributed by atoms with E-state index in [9.17, 15) is 23.7 Å². The fourth-order valence-electron chi connectivity index (χ4n) is 2.17. The first-order chi connectivity index (χ1) is 11.8. The summed E-state index contributed by atoms with van der Waals surface area (Å²) in [4.78, 5) is 22.1. The van der Waals surface area contributed by atoms with E-state index >= 15 is 0 Å². The van der Waals surface area contributed by atoms with Crippen LogP contribution in [0.3, 0.4) is 0 Å². The molecule has 0 fully saturated rings. The lowest BCUT2D eigenvalue weighted by atomic mass is 10.2. The average molecular weight is 354 g/mol. The Morgan fingerprint density at radius 3 is 2.72 bits per heavy atom. The molecule has 0 atom stereocenters. The van der Waals surface area contributed by atoms with Crippen LogP contribution in [0, 0.1) is 24.0 Å². The molecule has 0 unspecified atom stereocenters. The number of nitrogens with one attached hydrogen (secondary N) is 1. The quantitative estimate of drug-likeness (QED) is 0.608. The number of nitrogens with zero attached hydrogens (tertiary/aromatic N) is 3. The van der Waals surface area contributed by atoms with E-state index in [2.05, 4.69) is 15.2 Å².